The van der Waals surface area contributed by atoms with E-state index in [1.54, 1.807) is 13.0 Å². The molecule has 2 aromatic rings. The van der Waals surface area contributed by atoms with Gasteiger partial charge >= 0.3 is 0 Å². The van der Waals surface area contributed by atoms with Crippen molar-refractivity contribution in [2.24, 2.45) is 0 Å². The van der Waals surface area contributed by atoms with Gasteiger partial charge in [0.2, 0.25) is 0 Å². The van der Waals surface area contributed by atoms with Gasteiger partial charge in [0.1, 0.15) is 11.9 Å². The number of aryl methyl sites for hydroxylation is 1. The number of benzene rings is 1. The minimum Gasteiger partial charge on any atom is -0.378 e. The summed E-state index contributed by atoms with van der Waals surface area (Å²) >= 11 is 0. The number of nitrogens with one attached hydrogen (secondary N) is 1. The molecule has 0 aliphatic rings. The average Bonchev–Trinajstić information content (AvgIpc) is 2.83. The summed E-state index contributed by atoms with van der Waals surface area (Å²) in [6.07, 6.45) is 1.78. The minimum absolute atomic E-state index is 0.427. The lowest BCUT2D eigenvalue weighted by molar-refractivity contribution is 1.03. The molecule has 19 heavy (non-hydrogen) atoms. The van der Waals surface area contributed by atoms with Crippen molar-refractivity contribution < 1.29 is 0 Å². The molecule has 0 saturated heterocycles. The second-order valence-electron chi connectivity index (χ2n) is 4.40. The first-order valence-corrected chi connectivity index (χ1v) is 5.88. The fourth-order valence-electron chi connectivity index (χ4n) is 1.65. The SMILES string of the molecule is Cc1nc(C(C#N)=Cc2ccc(N(C)C)cc2)n[nH]1. The molecule has 5 nitrogen and oxygen atoms in total. The first kappa shape index (κ1) is 12.8. The van der Waals surface area contributed by atoms with Gasteiger partial charge < -0.3 is 4.90 Å². The van der Waals surface area contributed by atoms with E-state index < -0.39 is 0 Å². The first-order valence-electron chi connectivity index (χ1n) is 5.88. The molecular weight excluding hydrogens is 238 g/mol. The van der Waals surface area contributed by atoms with Gasteiger partial charge in [-0.25, -0.2) is 4.98 Å². The molecule has 0 bridgehead atoms. The third kappa shape index (κ3) is 2.99. The number of nitriles is 1. The molecule has 0 unspecified atom stereocenters. The van der Waals surface area contributed by atoms with E-state index in [2.05, 4.69) is 21.3 Å². The van der Waals surface area contributed by atoms with Gasteiger partial charge in [-0.15, -0.1) is 0 Å². The van der Waals surface area contributed by atoms with Gasteiger partial charge in [-0.3, -0.25) is 5.10 Å². The zero-order chi connectivity index (χ0) is 13.8. The molecule has 5 heteroatoms. The Balaban J connectivity index is 2.31. The van der Waals surface area contributed by atoms with Crippen molar-refractivity contribution >= 4 is 17.3 Å². The third-order valence-corrected chi connectivity index (χ3v) is 2.68. The summed E-state index contributed by atoms with van der Waals surface area (Å²) in [5, 5.41) is 15.9. The number of anilines is 1. The van der Waals surface area contributed by atoms with Crippen LogP contribution in [0.3, 0.4) is 0 Å². The molecule has 1 aromatic carbocycles. The summed E-state index contributed by atoms with van der Waals surface area (Å²) in [6, 6.07) is 10.1. The zero-order valence-corrected chi connectivity index (χ0v) is 11.2. The molecule has 1 N–H and O–H groups in total. The van der Waals surface area contributed by atoms with E-state index in [0.29, 0.717) is 17.2 Å². The summed E-state index contributed by atoms with van der Waals surface area (Å²) in [5.41, 5.74) is 2.51. The number of aromatic nitrogens is 3. The predicted octanol–water partition coefficient (Wildman–Crippen LogP) is 2.24. The summed E-state index contributed by atoms with van der Waals surface area (Å²) in [7, 11) is 3.98. The summed E-state index contributed by atoms with van der Waals surface area (Å²) in [5.74, 6) is 1.12. The van der Waals surface area contributed by atoms with Crippen molar-refractivity contribution in [2.75, 3.05) is 19.0 Å². The van der Waals surface area contributed by atoms with Crippen LogP contribution in [0.4, 0.5) is 5.69 Å². The third-order valence-electron chi connectivity index (χ3n) is 2.68. The van der Waals surface area contributed by atoms with E-state index in [-0.39, 0.29) is 0 Å². The Labute approximate surface area is 112 Å². The second kappa shape index (κ2) is 5.36. The monoisotopic (exact) mass is 253 g/mol. The van der Waals surface area contributed by atoms with Crippen LogP contribution in [0.5, 0.6) is 0 Å². The minimum atomic E-state index is 0.427. The van der Waals surface area contributed by atoms with Crippen molar-refractivity contribution in [3.63, 3.8) is 0 Å². The average molecular weight is 253 g/mol. The maximum absolute atomic E-state index is 9.17. The lowest BCUT2D eigenvalue weighted by Crippen LogP contribution is -2.07. The normalized spacial score (nSPS) is 11.2. The van der Waals surface area contributed by atoms with Gasteiger partial charge in [-0.1, -0.05) is 12.1 Å². The number of rotatable bonds is 3. The number of H-pyrrole nitrogens is 1. The van der Waals surface area contributed by atoms with Crippen LogP contribution >= 0.6 is 0 Å². The molecule has 2 rings (SSSR count). The summed E-state index contributed by atoms with van der Waals surface area (Å²) in [6.45, 7) is 1.80. The molecule has 0 fully saturated rings. The highest BCUT2D eigenvalue weighted by molar-refractivity contribution is 5.87. The van der Waals surface area contributed by atoms with Crippen LogP contribution < -0.4 is 4.90 Å². The fourth-order valence-corrected chi connectivity index (χ4v) is 1.65. The van der Waals surface area contributed by atoms with E-state index in [4.69, 9.17) is 0 Å². The number of hydrogen-bond donors (Lipinski definition) is 1. The van der Waals surface area contributed by atoms with Gasteiger partial charge in [0, 0.05) is 19.8 Å². The number of hydrogen-bond acceptors (Lipinski definition) is 4. The highest BCUT2D eigenvalue weighted by Gasteiger charge is 2.06. The standard InChI is InChI=1S/C14H15N5/c1-10-16-14(18-17-10)12(9-15)8-11-4-6-13(7-5-11)19(2)3/h4-8H,1-3H3,(H,16,17,18). The van der Waals surface area contributed by atoms with Crippen molar-refractivity contribution in [2.45, 2.75) is 6.92 Å². The molecule has 0 atom stereocenters. The van der Waals surface area contributed by atoms with Crippen LogP contribution in [-0.2, 0) is 0 Å². The number of aromatic amines is 1. The topological polar surface area (TPSA) is 68.6 Å². The molecule has 1 heterocycles. The molecule has 0 radical (unpaired) electrons. The van der Waals surface area contributed by atoms with Crippen molar-refractivity contribution in [3.05, 3.63) is 41.5 Å². The molecule has 96 valence electrons. The van der Waals surface area contributed by atoms with Gasteiger partial charge in [0.05, 0.1) is 5.57 Å². The number of allylic oxidation sites excluding steroid dienone is 1. The Hall–Kier alpha value is -2.61. The lowest BCUT2D eigenvalue weighted by Gasteiger charge is -2.11. The summed E-state index contributed by atoms with van der Waals surface area (Å²) < 4.78 is 0. The number of nitrogens with zero attached hydrogens (tertiary/aromatic N) is 4. The van der Waals surface area contributed by atoms with Crippen LogP contribution in [0.1, 0.15) is 17.2 Å². The van der Waals surface area contributed by atoms with Crippen molar-refractivity contribution in [1.29, 1.82) is 5.26 Å². The van der Waals surface area contributed by atoms with Crippen LogP contribution in [0.15, 0.2) is 24.3 Å². The maximum atomic E-state index is 9.17. The highest BCUT2D eigenvalue weighted by atomic mass is 15.2. The van der Waals surface area contributed by atoms with Crippen LogP contribution in [0.25, 0.3) is 11.6 Å². The predicted molar refractivity (Wildman–Crippen MR) is 75.4 cm³/mol. The van der Waals surface area contributed by atoms with Crippen molar-refractivity contribution in [1.82, 2.24) is 15.2 Å². The molecule has 0 saturated carbocycles. The van der Waals surface area contributed by atoms with E-state index in [1.165, 1.54) is 0 Å². The van der Waals surface area contributed by atoms with Crippen LogP contribution in [0, 0.1) is 18.3 Å². The van der Waals surface area contributed by atoms with E-state index in [1.807, 2.05) is 43.3 Å². The van der Waals surface area contributed by atoms with Gasteiger partial charge in [0.15, 0.2) is 5.82 Å². The molecule has 0 amide bonds. The Bertz CT molecular complexity index is 629. The Morgan fingerprint density at radius 2 is 2.00 bits per heavy atom. The lowest BCUT2D eigenvalue weighted by atomic mass is 10.1. The quantitative estimate of drug-likeness (QED) is 0.852. The van der Waals surface area contributed by atoms with Gasteiger partial charge in [-0.05, 0) is 30.7 Å². The smallest absolute Gasteiger partial charge is 0.191 e. The summed E-state index contributed by atoms with van der Waals surface area (Å²) in [4.78, 5) is 6.18. The first-order chi connectivity index (χ1) is 9.10. The van der Waals surface area contributed by atoms with E-state index in [9.17, 15) is 5.26 Å². The Morgan fingerprint density at radius 1 is 1.32 bits per heavy atom. The van der Waals surface area contributed by atoms with Gasteiger partial charge in [0.25, 0.3) is 0 Å². The van der Waals surface area contributed by atoms with Crippen LogP contribution in [0.2, 0.25) is 0 Å². The van der Waals surface area contributed by atoms with E-state index >= 15 is 0 Å². The molecular formula is C14H15N5. The molecule has 0 aliphatic heterocycles. The van der Waals surface area contributed by atoms with Crippen LogP contribution in [-0.4, -0.2) is 29.3 Å². The molecule has 1 aromatic heterocycles. The Kier molecular flexibility index (Phi) is 3.62. The Morgan fingerprint density at radius 3 is 2.47 bits per heavy atom. The highest BCUT2D eigenvalue weighted by Crippen LogP contribution is 2.17. The van der Waals surface area contributed by atoms with Crippen molar-refractivity contribution in [3.8, 4) is 6.07 Å². The van der Waals surface area contributed by atoms with Gasteiger partial charge in [-0.2, -0.15) is 10.4 Å². The largest absolute Gasteiger partial charge is 0.378 e. The van der Waals surface area contributed by atoms with E-state index in [0.717, 1.165) is 11.3 Å². The molecule has 0 aliphatic carbocycles. The fraction of sp³-hybridized carbons (Fsp3) is 0.214. The molecule has 0 spiro atoms. The zero-order valence-electron chi connectivity index (χ0n) is 11.2. The second-order valence-corrected chi connectivity index (χ2v) is 4.40. The maximum Gasteiger partial charge on any atom is 0.191 e.